The molecule has 9 heteroatoms. The Morgan fingerprint density at radius 2 is 1.97 bits per heavy atom. The number of anilines is 1. The minimum Gasteiger partial charge on any atom is -0.336 e. The standard InChI is InChI=1S/C22H32N6O2S/c1-22(2,3)21-23-16(14-31-21)13-27-8-5-9-28(11-10-27)20(30)17-12-18(26(4)25-17)24-19(29)15-6-7-15/h12,14-15H,5-11,13H2,1-4H3,(H,24,29). The molecule has 4 rings (SSSR count). The molecule has 0 unspecified atom stereocenters. The van der Waals surface area contributed by atoms with Gasteiger partial charge in [0.25, 0.3) is 5.91 Å². The van der Waals surface area contributed by atoms with Gasteiger partial charge in [0.05, 0.1) is 10.7 Å². The average Bonchev–Trinajstić information content (AvgIpc) is 3.41. The van der Waals surface area contributed by atoms with Crippen LogP contribution in [0.3, 0.4) is 0 Å². The Bertz CT molecular complexity index is 956. The molecule has 0 spiro atoms. The monoisotopic (exact) mass is 444 g/mol. The Labute approximate surface area is 187 Å². The molecule has 1 N–H and O–H groups in total. The highest BCUT2D eigenvalue weighted by atomic mass is 32.1. The molecule has 0 aromatic carbocycles. The van der Waals surface area contributed by atoms with E-state index in [2.05, 4.69) is 41.5 Å². The third-order valence-electron chi connectivity index (χ3n) is 5.75. The van der Waals surface area contributed by atoms with Gasteiger partial charge in [-0.3, -0.25) is 19.2 Å². The van der Waals surface area contributed by atoms with E-state index in [0.717, 1.165) is 49.6 Å². The van der Waals surface area contributed by atoms with Crippen molar-refractivity contribution in [2.45, 2.75) is 52.0 Å². The molecule has 0 atom stereocenters. The summed E-state index contributed by atoms with van der Waals surface area (Å²) in [4.78, 5) is 34.1. The lowest BCUT2D eigenvalue weighted by molar-refractivity contribution is -0.117. The maximum absolute atomic E-state index is 13.0. The summed E-state index contributed by atoms with van der Waals surface area (Å²) in [7, 11) is 1.75. The van der Waals surface area contributed by atoms with Crippen LogP contribution >= 0.6 is 11.3 Å². The van der Waals surface area contributed by atoms with Crippen LogP contribution in [0.15, 0.2) is 11.4 Å². The molecule has 8 nitrogen and oxygen atoms in total. The van der Waals surface area contributed by atoms with Gasteiger partial charge in [-0.2, -0.15) is 5.10 Å². The average molecular weight is 445 g/mol. The maximum atomic E-state index is 13.0. The summed E-state index contributed by atoms with van der Waals surface area (Å²) in [6.45, 7) is 10.5. The Morgan fingerprint density at radius 3 is 2.65 bits per heavy atom. The summed E-state index contributed by atoms with van der Waals surface area (Å²) >= 11 is 1.72. The van der Waals surface area contributed by atoms with Crippen molar-refractivity contribution in [2.24, 2.45) is 13.0 Å². The van der Waals surface area contributed by atoms with Gasteiger partial charge < -0.3 is 10.2 Å². The zero-order chi connectivity index (χ0) is 22.2. The Hall–Kier alpha value is -2.26. The molecular formula is C22H32N6O2S. The van der Waals surface area contributed by atoms with Crippen LogP contribution in [0.25, 0.3) is 0 Å². The number of aromatic nitrogens is 3. The largest absolute Gasteiger partial charge is 0.336 e. The van der Waals surface area contributed by atoms with Crippen LogP contribution in [0.1, 0.15) is 61.2 Å². The molecule has 2 aromatic rings. The summed E-state index contributed by atoms with van der Waals surface area (Å²) < 4.78 is 1.58. The van der Waals surface area contributed by atoms with Crippen molar-refractivity contribution in [2.75, 3.05) is 31.5 Å². The fourth-order valence-electron chi connectivity index (χ4n) is 3.71. The van der Waals surface area contributed by atoms with Gasteiger partial charge in [0.2, 0.25) is 5.91 Å². The lowest BCUT2D eigenvalue weighted by Gasteiger charge is -2.21. The third-order valence-corrected chi connectivity index (χ3v) is 7.07. The van der Waals surface area contributed by atoms with Crippen molar-refractivity contribution in [3.8, 4) is 0 Å². The van der Waals surface area contributed by atoms with Crippen molar-refractivity contribution in [1.29, 1.82) is 0 Å². The van der Waals surface area contributed by atoms with Crippen molar-refractivity contribution in [3.63, 3.8) is 0 Å². The predicted octanol–water partition coefficient (Wildman–Crippen LogP) is 2.87. The van der Waals surface area contributed by atoms with Gasteiger partial charge in [0, 0.05) is 62.6 Å². The molecule has 3 heterocycles. The smallest absolute Gasteiger partial charge is 0.274 e. The highest BCUT2D eigenvalue weighted by Crippen LogP contribution is 2.30. The second-order valence-electron chi connectivity index (χ2n) is 9.62. The maximum Gasteiger partial charge on any atom is 0.274 e. The molecule has 2 amide bonds. The molecule has 1 saturated heterocycles. The van der Waals surface area contributed by atoms with Crippen LogP contribution in [-0.2, 0) is 23.8 Å². The summed E-state index contributed by atoms with van der Waals surface area (Å²) in [5, 5.41) is 10.5. The lowest BCUT2D eigenvalue weighted by atomic mass is 9.98. The molecule has 2 aromatic heterocycles. The second-order valence-corrected chi connectivity index (χ2v) is 10.5. The fourth-order valence-corrected chi connectivity index (χ4v) is 4.61. The fraction of sp³-hybridized carbons (Fsp3) is 0.636. The lowest BCUT2D eigenvalue weighted by Crippen LogP contribution is -2.35. The van der Waals surface area contributed by atoms with Gasteiger partial charge in [-0.1, -0.05) is 20.8 Å². The Morgan fingerprint density at radius 1 is 1.19 bits per heavy atom. The van der Waals surface area contributed by atoms with Crippen LogP contribution < -0.4 is 5.32 Å². The van der Waals surface area contributed by atoms with Gasteiger partial charge in [0.15, 0.2) is 5.69 Å². The van der Waals surface area contributed by atoms with Crippen LogP contribution in [0.5, 0.6) is 0 Å². The van der Waals surface area contributed by atoms with Crippen molar-refractivity contribution < 1.29 is 9.59 Å². The van der Waals surface area contributed by atoms with Gasteiger partial charge in [-0.25, -0.2) is 4.98 Å². The van der Waals surface area contributed by atoms with E-state index in [1.165, 1.54) is 0 Å². The van der Waals surface area contributed by atoms with Crippen molar-refractivity contribution in [3.05, 3.63) is 27.8 Å². The third kappa shape index (κ3) is 5.33. The van der Waals surface area contributed by atoms with Crippen LogP contribution in [0, 0.1) is 5.92 Å². The topological polar surface area (TPSA) is 83.4 Å². The van der Waals surface area contributed by atoms with E-state index in [9.17, 15) is 9.59 Å². The molecule has 168 valence electrons. The first-order chi connectivity index (χ1) is 14.7. The van der Waals surface area contributed by atoms with E-state index in [1.54, 1.807) is 29.1 Å². The first-order valence-corrected chi connectivity index (χ1v) is 11.9. The number of thiazole rings is 1. The van der Waals surface area contributed by atoms with Gasteiger partial charge >= 0.3 is 0 Å². The predicted molar refractivity (Wildman–Crippen MR) is 121 cm³/mol. The van der Waals surface area contributed by atoms with E-state index in [1.807, 2.05) is 4.90 Å². The zero-order valence-electron chi connectivity index (χ0n) is 18.8. The van der Waals surface area contributed by atoms with E-state index >= 15 is 0 Å². The number of rotatable bonds is 5. The number of carbonyl (C=O) groups is 2. The molecule has 1 aliphatic carbocycles. The number of nitrogens with zero attached hydrogens (tertiary/aromatic N) is 5. The summed E-state index contributed by atoms with van der Waals surface area (Å²) in [5.41, 5.74) is 1.57. The molecule has 0 bridgehead atoms. The number of carbonyl (C=O) groups excluding carboxylic acids is 2. The van der Waals surface area contributed by atoms with Crippen molar-refractivity contribution >= 4 is 29.0 Å². The summed E-state index contributed by atoms with van der Waals surface area (Å²) in [5.74, 6) is 0.634. The van der Waals surface area contributed by atoms with Gasteiger partial charge in [0.1, 0.15) is 5.82 Å². The van der Waals surface area contributed by atoms with E-state index < -0.39 is 0 Å². The molecule has 31 heavy (non-hydrogen) atoms. The minimum atomic E-state index is -0.0759. The molecule has 2 aliphatic rings. The highest BCUT2D eigenvalue weighted by molar-refractivity contribution is 7.09. The quantitative estimate of drug-likeness (QED) is 0.767. The normalized spacial score (nSPS) is 18.1. The van der Waals surface area contributed by atoms with E-state index in [0.29, 0.717) is 24.6 Å². The zero-order valence-corrected chi connectivity index (χ0v) is 19.7. The number of aryl methyl sites for hydroxylation is 1. The van der Waals surface area contributed by atoms with E-state index in [4.69, 9.17) is 4.98 Å². The number of hydrogen-bond acceptors (Lipinski definition) is 6. The highest BCUT2D eigenvalue weighted by Gasteiger charge is 2.31. The number of amides is 2. The van der Waals surface area contributed by atoms with Gasteiger partial charge in [-0.05, 0) is 19.3 Å². The Kier molecular flexibility index (Phi) is 6.16. The molecule has 1 saturated carbocycles. The number of hydrogen-bond donors (Lipinski definition) is 1. The first-order valence-electron chi connectivity index (χ1n) is 11.0. The summed E-state index contributed by atoms with van der Waals surface area (Å²) in [6, 6.07) is 1.69. The molecule has 2 fully saturated rings. The SMILES string of the molecule is Cn1nc(C(=O)N2CCCN(Cc3csc(C(C)(C)C)n3)CC2)cc1NC(=O)C1CC1. The molecular weight excluding hydrogens is 412 g/mol. The number of nitrogens with one attached hydrogen (secondary N) is 1. The van der Waals surface area contributed by atoms with Crippen molar-refractivity contribution in [1.82, 2.24) is 24.6 Å². The second kappa shape index (κ2) is 8.70. The minimum absolute atomic E-state index is 0.0177. The summed E-state index contributed by atoms with van der Waals surface area (Å²) in [6.07, 6.45) is 2.80. The molecule has 0 radical (unpaired) electrons. The van der Waals surface area contributed by atoms with E-state index in [-0.39, 0.29) is 23.1 Å². The van der Waals surface area contributed by atoms with Gasteiger partial charge in [-0.15, -0.1) is 11.3 Å². The first kappa shape index (κ1) is 22.0. The van der Waals surface area contributed by atoms with Crippen LogP contribution in [0.2, 0.25) is 0 Å². The Balaban J connectivity index is 1.34. The molecule has 1 aliphatic heterocycles. The van der Waals surface area contributed by atoms with Crippen LogP contribution in [0.4, 0.5) is 5.82 Å². The van der Waals surface area contributed by atoms with Crippen LogP contribution in [-0.4, -0.2) is 62.6 Å².